The van der Waals surface area contributed by atoms with E-state index in [0.29, 0.717) is 23.0 Å². The summed E-state index contributed by atoms with van der Waals surface area (Å²) in [7, 11) is 0. The number of fused-ring (bicyclic) bond motifs is 1. The van der Waals surface area contributed by atoms with Crippen LogP contribution in [-0.2, 0) is 11.2 Å². The summed E-state index contributed by atoms with van der Waals surface area (Å²) in [5, 5.41) is 5.98. The molecule has 0 fully saturated rings. The summed E-state index contributed by atoms with van der Waals surface area (Å²) >= 11 is 3.31. The Morgan fingerprint density at radius 3 is 2.76 bits per heavy atom. The van der Waals surface area contributed by atoms with E-state index in [0.717, 1.165) is 22.6 Å². The molecule has 0 atom stereocenters. The summed E-state index contributed by atoms with van der Waals surface area (Å²) in [5.41, 5.74) is 9.78. The molecule has 4 nitrogen and oxygen atoms in total. The first-order valence-corrected chi connectivity index (χ1v) is 7.26. The maximum atomic E-state index is 13.1. The van der Waals surface area contributed by atoms with Gasteiger partial charge in [0.25, 0.3) is 0 Å². The molecule has 1 aliphatic rings. The molecule has 0 bridgehead atoms. The number of nitrogens with one attached hydrogen (secondary N) is 2. The minimum atomic E-state index is -0.312. The number of carbonyl (C=O) groups is 1. The minimum Gasteiger partial charge on any atom is -0.397 e. The first kappa shape index (κ1) is 13.9. The van der Waals surface area contributed by atoms with E-state index in [2.05, 4.69) is 26.6 Å². The van der Waals surface area contributed by atoms with Gasteiger partial charge in [-0.3, -0.25) is 4.79 Å². The highest BCUT2D eigenvalue weighted by Crippen LogP contribution is 2.34. The number of amides is 1. The van der Waals surface area contributed by atoms with Gasteiger partial charge in [0.05, 0.1) is 17.1 Å². The third-order valence-electron chi connectivity index (χ3n) is 3.37. The van der Waals surface area contributed by atoms with Gasteiger partial charge in [0.15, 0.2) is 0 Å². The normalized spacial score (nSPS) is 13.5. The Bertz CT molecular complexity index is 733. The van der Waals surface area contributed by atoms with Crippen molar-refractivity contribution in [2.45, 2.75) is 12.8 Å². The van der Waals surface area contributed by atoms with Crippen LogP contribution in [-0.4, -0.2) is 5.91 Å². The highest BCUT2D eigenvalue weighted by atomic mass is 79.9. The van der Waals surface area contributed by atoms with Gasteiger partial charge in [-0.1, -0.05) is 0 Å². The van der Waals surface area contributed by atoms with Crippen LogP contribution in [0.2, 0.25) is 0 Å². The second-order valence-corrected chi connectivity index (χ2v) is 5.75. The summed E-state index contributed by atoms with van der Waals surface area (Å²) in [6.45, 7) is 0. The van der Waals surface area contributed by atoms with Gasteiger partial charge in [-0.2, -0.15) is 0 Å². The highest BCUT2D eigenvalue weighted by Gasteiger charge is 2.17. The van der Waals surface area contributed by atoms with Crippen molar-refractivity contribution in [3.05, 3.63) is 46.2 Å². The van der Waals surface area contributed by atoms with E-state index in [1.165, 1.54) is 12.1 Å². The van der Waals surface area contributed by atoms with E-state index in [1.54, 1.807) is 12.1 Å². The van der Waals surface area contributed by atoms with Gasteiger partial charge in [-0.25, -0.2) is 4.39 Å². The number of carbonyl (C=O) groups excluding carboxylic acids is 1. The largest absolute Gasteiger partial charge is 0.397 e. The molecule has 6 heteroatoms. The second-order valence-electron chi connectivity index (χ2n) is 4.89. The summed E-state index contributed by atoms with van der Waals surface area (Å²) in [6.07, 6.45) is 1.15. The van der Waals surface area contributed by atoms with E-state index < -0.39 is 0 Å². The molecule has 21 heavy (non-hydrogen) atoms. The van der Waals surface area contributed by atoms with Crippen LogP contribution >= 0.6 is 15.9 Å². The van der Waals surface area contributed by atoms with Gasteiger partial charge in [0.2, 0.25) is 5.91 Å². The van der Waals surface area contributed by atoms with Crippen molar-refractivity contribution in [2.75, 3.05) is 16.4 Å². The van der Waals surface area contributed by atoms with Gasteiger partial charge >= 0.3 is 0 Å². The minimum absolute atomic E-state index is 0.00360. The molecule has 1 aliphatic heterocycles. The Labute approximate surface area is 129 Å². The van der Waals surface area contributed by atoms with Crippen LogP contribution in [0, 0.1) is 5.82 Å². The van der Waals surface area contributed by atoms with E-state index in [9.17, 15) is 9.18 Å². The number of hydrogen-bond donors (Lipinski definition) is 3. The zero-order valence-corrected chi connectivity index (χ0v) is 12.6. The van der Waals surface area contributed by atoms with Crippen LogP contribution in [0.3, 0.4) is 0 Å². The van der Waals surface area contributed by atoms with Gasteiger partial charge in [0.1, 0.15) is 5.82 Å². The fourth-order valence-corrected chi connectivity index (χ4v) is 2.74. The third kappa shape index (κ3) is 2.85. The Balaban J connectivity index is 1.94. The molecule has 2 aromatic carbocycles. The standard InChI is InChI=1S/C15H13BrFN3O/c16-10-6-9(17)2-3-12(10)19-14-5-8-1-4-15(21)20-13(8)7-11(14)18/h2-3,5-7,19H,1,4,18H2,(H,20,21). The number of nitrogens with two attached hydrogens (primary N) is 1. The first-order chi connectivity index (χ1) is 10.0. The lowest BCUT2D eigenvalue weighted by atomic mass is 10.0. The van der Waals surface area contributed by atoms with Crippen LogP contribution in [0.15, 0.2) is 34.8 Å². The van der Waals surface area contributed by atoms with Crippen molar-refractivity contribution >= 4 is 44.6 Å². The Morgan fingerprint density at radius 1 is 1.19 bits per heavy atom. The van der Waals surface area contributed by atoms with Crippen LogP contribution in [0.4, 0.5) is 27.1 Å². The molecule has 0 aliphatic carbocycles. The number of nitrogen functional groups attached to an aromatic ring is 1. The molecule has 108 valence electrons. The molecule has 3 rings (SSSR count). The number of halogens is 2. The van der Waals surface area contributed by atoms with Gasteiger partial charge in [-0.15, -0.1) is 0 Å². The Hall–Kier alpha value is -2.08. The molecule has 1 amide bonds. The molecular weight excluding hydrogens is 337 g/mol. The quantitative estimate of drug-likeness (QED) is 0.722. The summed E-state index contributed by atoms with van der Waals surface area (Å²) in [4.78, 5) is 11.4. The average molecular weight is 350 g/mol. The zero-order chi connectivity index (χ0) is 15.0. The molecule has 0 radical (unpaired) electrons. The zero-order valence-electron chi connectivity index (χ0n) is 11.0. The predicted octanol–water partition coefficient (Wildman–Crippen LogP) is 3.80. The van der Waals surface area contributed by atoms with Crippen LogP contribution in [0.5, 0.6) is 0 Å². The van der Waals surface area contributed by atoms with E-state index in [-0.39, 0.29) is 11.7 Å². The maximum Gasteiger partial charge on any atom is 0.224 e. The summed E-state index contributed by atoms with van der Waals surface area (Å²) < 4.78 is 13.7. The summed E-state index contributed by atoms with van der Waals surface area (Å²) in [5.74, 6) is -0.308. The van der Waals surface area contributed by atoms with Gasteiger partial charge < -0.3 is 16.4 Å². The predicted molar refractivity (Wildman–Crippen MR) is 85.2 cm³/mol. The second kappa shape index (κ2) is 5.37. The topological polar surface area (TPSA) is 67.1 Å². The van der Waals surface area contributed by atoms with Crippen molar-refractivity contribution in [1.29, 1.82) is 0 Å². The third-order valence-corrected chi connectivity index (χ3v) is 4.03. The highest BCUT2D eigenvalue weighted by molar-refractivity contribution is 9.10. The van der Waals surface area contributed by atoms with Crippen LogP contribution < -0.4 is 16.4 Å². The molecule has 0 aromatic heterocycles. The Morgan fingerprint density at radius 2 is 2.00 bits per heavy atom. The molecule has 4 N–H and O–H groups in total. The molecular formula is C15H13BrFN3O. The van der Waals surface area contributed by atoms with Crippen molar-refractivity contribution in [3.63, 3.8) is 0 Å². The number of rotatable bonds is 2. The van der Waals surface area contributed by atoms with Crippen molar-refractivity contribution in [3.8, 4) is 0 Å². The van der Waals surface area contributed by atoms with E-state index in [4.69, 9.17) is 5.73 Å². The smallest absolute Gasteiger partial charge is 0.224 e. The molecule has 0 unspecified atom stereocenters. The van der Waals surface area contributed by atoms with E-state index in [1.807, 2.05) is 6.07 Å². The molecule has 2 aromatic rings. The number of benzene rings is 2. The van der Waals surface area contributed by atoms with Crippen molar-refractivity contribution in [2.24, 2.45) is 0 Å². The van der Waals surface area contributed by atoms with E-state index >= 15 is 0 Å². The van der Waals surface area contributed by atoms with Crippen molar-refractivity contribution < 1.29 is 9.18 Å². The SMILES string of the molecule is Nc1cc2c(cc1Nc1ccc(F)cc1Br)CCC(=O)N2. The molecule has 0 spiro atoms. The fourth-order valence-electron chi connectivity index (χ4n) is 2.29. The fraction of sp³-hybridized carbons (Fsp3) is 0.133. The van der Waals surface area contributed by atoms with Gasteiger partial charge in [0, 0.05) is 16.6 Å². The monoisotopic (exact) mass is 349 g/mol. The van der Waals surface area contributed by atoms with Crippen LogP contribution in [0.1, 0.15) is 12.0 Å². The number of anilines is 4. The van der Waals surface area contributed by atoms with Crippen LogP contribution in [0.25, 0.3) is 0 Å². The maximum absolute atomic E-state index is 13.1. The number of hydrogen-bond acceptors (Lipinski definition) is 3. The van der Waals surface area contributed by atoms with Gasteiger partial charge in [-0.05, 0) is 58.2 Å². The lowest BCUT2D eigenvalue weighted by molar-refractivity contribution is -0.116. The lowest BCUT2D eigenvalue weighted by Gasteiger charge is -2.20. The lowest BCUT2D eigenvalue weighted by Crippen LogP contribution is -2.19. The number of aryl methyl sites for hydroxylation is 1. The Kier molecular flexibility index (Phi) is 3.55. The molecule has 0 saturated heterocycles. The molecule has 0 saturated carbocycles. The van der Waals surface area contributed by atoms with Crippen molar-refractivity contribution in [1.82, 2.24) is 0 Å². The first-order valence-electron chi connectivity index (χ1n) is 6.47. The average Bonchev–Trinajstić information content (AvgIpc) is 2.42. The summed E-state index contributed by atoms with van der Waals surface area (Å²) in [6, 6.07) is 8.06. The molecule has 1 heterocycles.